The molecular weight excluding hydrogens is 642 g/mol. The lowest BCUT2D eigenvalue weighted by molar-refractivity contribution is -0.177. The molecule has 9 atom stereocenters. The first-order valence-electron chi connectivity index (χ1n) is 16.9. The van der Waals surface area contributed by atoms with Crippen LogP contribution < -0.4 is 9.47 Å². The molecule has 0 radical (unpaired) electrons. The zero-order chi connectivity index (χ0) is 35.3. The minimum atomic E-state index is -2.31. The van der Waals surface area contributed by atoms with Gasteiger partial charge >= 0.3 is 11.9 Å². The van der Waals surface area contributed by atoms with Crippen molar-refractivity contribution in [2.24, 2.45) is 5.92 Å². The van der Waals surface area contributed by atoms with Gasteiger partial charge in [0, 0.05) is 37.5 Å². The highest BCUT2D eigenvalue weighted by atomic mass is 16.7. The molecule has 0 spiro atoms. The summed E-state index contributed by atoms with van der Waals surface area (Å²) in [7, 11) is 2.66. The first-order valence-corrected chi connectivity index (χ1v) is 16.9. The minimum absolute atomic E-state index is 0.0878. The van der Waals surface area contributed by atoms with Crippen molar-refractivity contribution in [3.63, 3.8) is 0 Å². The van der Waals surface area contributed by atoms with Crippen LogP contribution in [0.25, 0.3) is 0 Å². The van der Waals surface area contributed by atoms with Crippen LogP contribution in [0.4, 0.5) is 0 Å². The van der Waals surface area contributed by atoms with Crippen LogP contribution in [0.2, 0.25) is 0 Å². The van der Waals surface area contributed by atoms with E-state index in [1.54, 1.807) is 0 Å². The van der Waals surface area contributed by atoms with Gasteiger partial charge in [0.1, 0.15) is 18.0 Å². The fourth-order valence-corrected chi connectivity index (χ4v) is 7.20. The number of carbonyl (C=O) groups is 2. The molecule has 49 heavy (non-hydrogen) atoms. The molecule has 14 heteroatoms. The Labute approximate surface area is 285 Å². The third-order valence-electron chi connectivity index (χ3n) is 10.1. The maximum absolute atomic E-state index is 13.9. The molecule has 5 rings (SSSR count). The van der Waals surface area contributed by atoms with Crippen LogP contribution in [0.5, 0.6) is 11.5 Å². The topological polar surface area (TPSA) is 194 Å². The van der Waals surface area contributed by atoms with E-state index in [2.05, 4.69) is 11.8 Å². The van der Waals surface area contributed by atoms with Crippen LogP contribution in [0.15, 0.2) is 36.1 Å². The van der Waals surface area contributed by atoms with Gasteiger partial charge in [-0.2, -0.15) is 0 Å². The fraction of sp³-hybridized carbons (Fsp3) is 0.657. The number of esters is 2. The van der Waals surface area contributed by atoms with Gasteiger partial charge in [0.2, 0.25) is 6.79 Å². The van der Waals surface area contributed by atoms with Crippen molar-refractivity contribution in [1.82, 2.24) is 4.90 Å². The van der Waals surface area contributed by atoms with Gasteiger partial charge in [-0.15, -0.1) is 0 Å². The maximum atomic E-state index is 13.9. The van der Waals surface area contributed by atoms with Gasteiger partial charge < -0.3 is 54.0 Å². The van der Waals surface area contributed by atoms with Crippen LogP contribution in [0, 0.1) is 5.92 Å². The molecule has 0 bridgehead atoms. The number of hydrogen-bond donors (Lipinski definition) is 5. The molecule has 5 unspecified atom stereocenters. The number of unbranched alkanes of at least 4 members (excludes halogenated alkanes) is 1. The molecule has 1 aromatic carbocycles. The van der Waals surface area contributed by atoms with Crippen LogP contribution in [0.3, 0.4) is 0 Å². The van der Waals surface area contributed by atoms with Gasteiger partial charge in [-0.05, 0) is 55.1 Å². The Morgan fingerprint density at radius 2 is 1.84 bits per heavy atom. The molecule has 2 heterocycles. The highest BCUT2D eigenvalue weighted by Crippen LogP contribution is 2.47. The second kappa shape index (κ2) is 16.2. The van der Waals surface area contributed by atoms with Crippen LogP contribution in [-0.4, -0.2) is 132 Å². The zero-order valence-corrected chi connectivity index (χ0v) is 28.2. The molecule has 0 amide bonds. The number of carbonyl (C=O) groups excluding carboxylic acids is 2. The van der Waals surface area contributed by atoms with Gasteiger partial charge in [-0.25, -0.2) is 4.79 Å². The number of rotatable bonds is 14. The molecular formula is C35H49NO13. The average Bonchev–Trinajstić information content (AvgIpc) is 3.67. The summed E-state index contributed by atoms with van der Waals surface area (Å²) in [5.74, 6) is -1.23. The van der Waals surface area contributed by atoms with Crippen molar-refractivity contribution in [1.29, 1.82) is 0 Å². The van der Waals surface area contributed by atoms with E-state index in [0.717, 1.165) is 50.6 Å². The molecule has 0 saturated heterocycles. The smallest absolute Gasteiger partial charge is 0.339 e. The second-order valence-electron chi connectivity index (χ2n) is 13.1. The summed E-state index contributed by atoms with van der Waals surface area (Å²) in [6.07, 6.45) is 0.808. The van der Waals surface area contributed by atoms with Crippen molar-refractivity contribution in [2.45, 2.75) is 93.5 Å². The van der Waals surface area contributed by atoms with E-state index in [9.17, 15) is 35.1 Å². The first-order chi connectivity index (χ1) is 23.5. The molecule has 0 aromatic heterocycles. The lowest BCUT2D eigenvalue weighted by atomic mass is 9.81. The summed E-state index contributed by atoms with van der Waals surface area (Å²) in [4.78, 5) is 28.7. The Kier molecular flexibility index (Phi) is 12.2. The van der Waals surface area contributed by atoms with E-state index in [1.165, 1.54) is 19.3 Å². The van der Waals surface area contributed by atoms with Crippen LogP contribution in [-0.2, 0) is 35.0 Å². The maximum Gasteiger partial charge on any atom is 0.339 e. The van der Waals surface area contributed by atoms with E-state index < -0.39 is 72.9 Å². The molecule has 272 valence electrons. The minimum Gasteiger partial charge on any atom is -0.497 e. The number of benzene rings is 1. The Hall–Kier alpha value is -3.24. The van der Waals surface area contributed by atoms with Crippen LogP contribution >= 0.6 is 0 Å². The van der Waals surface area contributed by atoms with Gasteiger partial charge in [-0.1, -0.05) is 25.5 Å². The Balaban J connectivity index is 1.35. The predicted octanol–water partition coefficient (Wildman–Crippen LogP) is 0.702. The Morgan fingerprint density at radius 1 is 1.08 bits per heavy atom. The third kappa shape index (κ3) is 7.90. The number of nitrogens with zero attached hydrogens (tertiary/aromatic N) is 1. The van der Waals surface area contributed by atoms with Crippen molar-refractivity contribution < 1.29 is 63.5 Å². The number of ether oxygens (including phenoxy) is 6. The van der Waals surface area contributed by atoms with E-state index in [1.807, 2.05) is 18.2 Å². The standard InChI is InChI=1S/C35H49NO13/c1-4-5-10-36-11-8-20-13-24-25(48-19-47-24)15-22(20)29-23(36)16-27(44-2)33(29)49-34(42)35(43,17-28(38)45-3)9-6-7-12-46-26-14-21(18-37)30(39)32(41)31(26)40/h6-7,13,15-16,21,23,26,29-33,37,39-41,43H,4-5,8-12,14,17-19H2,1-3H3/b7-6+/t21?,23-,26?,29-,30?,31?,32?,33+,35+/m0/s1. The predicted molar refractivity (Wildman–Crippen MR) is 173 cm³/mol. The molecule has 4 aliphatic rings. The number of methoxy groups -OCH3 is 2. The summed E-state index contributed by atoms with van der Waals surface area (Å²) in [6.45, 7) is 3.35. The lowest BCUT2D eigenvalue weighted by Crippen LogP contribution is -2.55. The summed E-state index contributed by atoms with van der Waals surface area (Å²) < 4.78 is 33.7. The normalized spacial score (nSPS) is 30.6. The van der Waals surface area contributed by atoms with Crippen molar-refractivity contribution in [2.75, 3.05) is 47.3 Å². The quantitative estimate of drug-likeness (QED) is 0.135. The largest absolute Gasteiger partial charge is 0.497 e. The highest BCUT2D eigenvalue weighted by Gasteiger charge is 2.50. The zero-order valence-electron chi connectivity index (χ0n) is 28.2. The van der Waals surface area contributed by atoms with Crippen molar-refractivity contribution in [3.8, 4) is 11.5 Å². The highest BCUT2D eigenvalue weighted by molar-refractivity contribution is 5.86. The molecule has 1 saturated carbocycles. The summed E-state index contributed by atoms with van der Waals surface area (Å²) in [5.41, 5.74) is -0.348. The van der Waals surface area contributed by atoms with Gasteiger partial charge in [0.05, 0.1) is 39.5 Å². The molecule has 1 fully saturated rings. The molecule has 5 N–H and O–H groups in total. The summed E-state index contributed by atoms with van der Waals surface area (Å²) >= 11 is 0. The Morgan fingerprint density at radius 3 is 2.53 bits per heavy atom. The van der Waals surface area contributed by atoms with E-state index in [0.29, 0.717) is 17.3 Å². The molecule has 2 aliphatic carbocycles. The number of hydrogen-bond acceptors (Lipinski definition) is 14. The fourth-order valence-electron chi connectivity index (χ4n) is 7.20. The van der Waals surface area contributed by atoms with Crippen molar-refractivity contribution >= 4 is 11.9 Å². The number of fused-ring (bicyclic) bond motifs is 4. The monoisotopic (exact) mass is 691 g/mol. The van der Waals surface area contributed by atoms with Gasteiger partial charge in [0.25, 0.3) is 0 Å². The van der Waals surface area contributed by atoms with E-state index >= 15 is 0 Å². The molecule has 1 aromatic rings. The second-order valence-corrected chi connectivity index (χ2v) is 13.1. The van der Waals surface area contributed by atoms with E-state index in [-0.39, 0.29) is 32.3 Å². The lowest BCUT2D eigenvalue weighted by Gasteiger charge is -2.39. The molecule has 14 nitrogen and oxygen atoms in total. The third-order valence-corrected chi connectivity index (χ3v) is 10.1. The average molecular weight is 692 g/mol. The van der Waals surface area contributed by atoms with Crippen LogP contribution in [0.1, 0.15) is 56.1 Å². The van der Waals surface area contributed by atoms with Crippen molar-refractivity contribution in [3.05, 3.63) is 47.2 Å². The number of aliphatic hydroxyl groups excluding tert-OH is 4. The first kappa shape index (κ1) is 37.0. The Bertz CT molecular complexity index is 1380. The SMILES string of the molecule is CCCCN1CCc2cc3c(cc2[C@@H]2[C@H](OC(=O)[C@@](O)(C/C=C/COC4CC(CO)C(O)C(O)C4O)CC(=O)OC)C(OC)=C[C@@H]21)OCO3. The van der Waals surface area contributed by atoms with E-state index in [4.69, 9.17) is 28.4 Å². The molecule has 2 aliphatic heterocycles. The van der Waals surface area contributed by atoms with Gasteiger partial charge in [0.15, 0.2) is 23.2 Å². The summed E-state index contributed by atoms with van der Waals surface area (Å²) in [5, 5.41) is 51.7. The number of aliphatic hydroxyl groups is 5. The summed E-state index contributed by atoms with van der Waals surface area (Å²) in [6, 6.07) is 3.73. The van der Waals surface area contributed by atoms with Gasteiger partial charge in [-0.3, -0.25) is 9.69 Å².